The van der Waals surface area contributed by atoms with Gasteiger partial charge >= 0.3 is 0 Å². The smallest absolute Gasteiger partial charge is 0.265 e. The topological polar surface area (TPSA) is 58.6 Å². The first-order chi connectivity index (χ1) is 12.7. The van der Waals surface area contributed by atoms with Gasteiger partial charge in [0.2, 0.25) is 5.91 Å². The van der Waals surface area contributed by atoms with Crippen LogP contribution in [0.25, 0.3) is 6.08 Å². The van der Waals surface area contributed by atoms with Gasteiger partial charge in [-0.15, -0.1) is 0 Å². The Bertz CT molecular complexity index is 815. The molecule has 0 radical (unpaired) electrons. The maximum atomic E-state index is 12.2. The second kappa shape index (κ2) is 8.34. The molecule has 0 unspecified atom stereocenters. The highest BCUT2D eigenvalue weighted by Gasteiger charge is 2.25. The van der Waals surface area contributed by atoms with Crippen molar-refractivity contribution < 1.29 is 14.3 Å². The molecule has 1 aliphatic heterocycles. The van der Waals surface area contributed by atoms with E-state index in [0.717, 1.165) is 18.4 Å². The van der Waals surface area contributed by atoms with E-state index in [4.69, 9.17) is 4.74 Å². The van der Waals surface area contributed by atoms with Crippen LogP contribution in [0.1, 0.15) is 25.3 Å². The number of benzene rings is 2. The summed E-state index contributed by atoms with van der Waals surface area (Å²) in [5, 5.41) is 2.83. The lowest BCUT2D eigenvalue weighted by Crippen LogP contribution is -2.39. The molecule has 0 aromatic heterocycles. The number of carbonyl (C=O) groups excluding carboxylic acids is 2. The number of hydrogen-bond donors (Lipinski definition) is 1. The molecule has 26 heavy (non-hydrogen) atoms. The van der Waals surface area contributed by atoms with Crippen LogP contribution in [0.4, 0.5) is 11.4 Å². The lowest BCUT2D eigenvalue weighted by Gasteiger charge is -2.29. The lowest BCUT2D eigenvalue weighted by molar-refractivity contribution is -0.121. The first-order valence-corrected chi connectivity index (χ1v) is 8.78. The minimum Gasteiger partial charge on any atom is -0.482 e. The quantitative estimate of drug-likeness (QED) is 0.805. The van der Waals surface area contributed by atoms with E-state index in [2.05, 4.69) is 12.2 Å². The van der Waals surface area contributed by atoms with Crippen molar-refractivity contribution in [3.8, 4) is 5.75 Å². The van der Waals surface area contributed by atoms with Crippen LogP contribution in [0.2, 0.25) is 0 Å². The lowest BCUT2D eigenvalue weighted by atomic mass is 10.2. The van der Waals surface area contributed by atoms with E-state index in [1.165, 1.54) is 6.08 Å². The third-order valence-electron chi connectivity index (χ3n) is 4.13. The normalized spacial score (nSPS) is 13.4. The monoisotopic (exact) mass is 350 g/mol. The van der Waals surface area contributed by atoms with Crippen LogP contribution in [-0.2, 0) is 9.59 Å². The molecule has 1 aliphatic rings. The largest absolute Gasteiger partial charge is 0.482 e. The van der Waals surface area contributed by atoms with Crippen LogP contribution in [-0.4, -0.2) is 25.0 Å². The molecule has 2 amide bonds. The molecule has 1 heterocycles. The summed E-state index contributed by atoms with van der Waals surface area (Å²) in [4.78, 5) is 26.1. The van der Waals surface area contributed by atoms with Crippen molar-refractivity contribution in [2.24, 2.45) is 0 Å². The molecule has 134 valence electrons. The van der Waals surface area contributed by atoms with Crippen molar-refractivity contribution in [3.05, 3.63) is 60.2 Å². The summed E-state index contributed by atoms with van der Waals surface area (Å²) in [7, 11) is 0. The Hall–Kier alpha value is -3.08. The van der Waals surface area contributed by atoms with Crippen LogP contribution >= 0.6 is 0 Å². The van der Waals surface area contributed by atoms with Gasteiger partial charge in [0.05, 0.1) is 5.69 Å². The van der Waals surface area contributed by atoms with E-state index in [-0.39, 0.29) is 18.4 Å². The third-order valence-corrected chi connectivity index (χ3v) is 4.13. The highest BCUT2D eigenvalue weighted by Crippen LogP contribution is 2.34. The molecule has 0 spiro atoms. The zero-order chi connectivity index (χ0) is 18.4. The summed E-state index contributed by atoms with van der Waals surface area (Å²) in [6, 6.07) is 15.0. The van der Waals surface area contributed by atoms with Gasteiger partial charge in [-0.2, -0.15) is 0 Å². The van der Waals surface area contributed by atoms with Crippen molar-refractivity contribution in [1.82, 2.24) is 0 Å². The highest BCUT2D eigenvalue weighted by atomic mass is 16.5. The second-order valence-electron chi connectivity index (χ2n) is 6.10. The van der Waals surface area contributed by atoms with E-state index in [9.17, 15) is 9.59 Å². The number of carbonyl (C=O) groups is 2. The van der Waals surface area contributed by atoms with Gasteiger partial charge in [0, 0.05) is 18.3 Å². The summed E-state index contributed by atoms with van der Waals surface area (Å²) in [6.07, 6.45) is 5.17. The number of fused-ring (bicyclic) bond motifs is 1. The molecule has 5 heteroatoms. The van der Waals surface area contributed by atoms with E-state index in [1.807, 2.05) is 30.3 Å². The SMILES string of the molecule is CCCCN1C(=O)COc2ccc(NC(=O)/C=C/c3ccccc3)cc21. The Morgan fingerprint density at radius 2 is 2.04 bits per heavy atom. The summed E-state index contributed by atoms with van der Waals surface area (Å²) < 4.78 is 5.49. The number of ether oxygens (including phenoxy) is 1. The van der Waals surface area contributed by atoms with Crippen LogP contribution in [0.5, 0.6) is 5.75 Å². The van der Waals surface area contributed by atoms with Crippen LogP contribution < -0.4 is 15.0 Å². The number of hydrogen-bond acceptors (Lipinski definition) is 3. The molecule has 0 saturated carbocycles. The summed E-state index contributed by atoms with van der Waals surface area (Å²) >= 11 is 0. The molecule has 2 aromatic rings. The van der Waals surface area contributed by atoms with Gasteiger partial charge in [0.25, 0.3) is 5.91 Å². The number of rotatable bonds is 6. The minimum absolute atomic E-state index is 0.0570. The zero-order valence-corrected chi connectivity index (χ0v) is 14.8. The van der Waals surface area contributed by atoms with Crippen LogP contribution in [0, 0.1) is 0 Å². The zero-order valence-electron chi connectivity index (χ0n) is 14.8. The van der Waals surface area contributed by atoms with Gasteiger partial charge in [0.15, 0.2) is 6.61 Å². The van der Waals surface area contributed by atoms with Crippen LogP contribution in [0.3, 0.4) is 0 Å². The van der Waals surface area contributed by atoms with Crippen molar-refractivity contribution >= 4 is 29.3 Å². The van der Waals surface area contributed by atoms with E-state index in [0.29, 0.717) is 23.7 Å². The van der Waals surface area contributed by atoms with Crippen LogP contribution in [0.15, 0.2) is 54.6 Å². The third kappa shape index (κ3) is 4.30. The van der Waals surface area contributed by atoms with Gasteiger partial charge in [-0.3, -0.25) is 9.59 Å². The Balaban J connectivity index is 1.73. The molecule has 2 aromatic carbocycles. The fourth-order valence-corrected chi connectivity index (χ4v) is 2.76. The fourth-order valence-electron chi connectivity index (χ4n) is 2.76. The molecular formula is C21H22N2O3. The van der Waals surface area contributed by atoms with E-state index < -0.39 is 0 Å². The molecule has 0 fully saturated rings. The summed E-state index contributed by atoms with van der Waals surface area (Å²) in [5.74, 6) is 0.383. The Kier molecular flexibility index (Phi) is 5.69. The fraction of sp³-hybridized carbons (Fsp3) is 0.238. The molecule has 5 nitrogen and oxygen atoms in total. The first-order valence-electron chi connectivity index (χ1n) is 8.78. The predicted molar refractivity (Wildman–Crippen MR) is 103 cm³/mol. The highest BCUT2D eigenvalue weighted by molar-refractivity contribution is 6.03. The average Bonchev–Trinajstić information content (AvgIpc) is 2.66. The van der Waals surface area contributed by atoms with Gasteiger partial charge in [-0.1, -0.05) is 43.7 Å². The predicted octanol–water partition coefficient (Wildman–Crippen LogP) is 3.86. The number of unbranched alkanes of at least 4 members (excludes halogenated alkanes) is 1. The van der Waals surface area contributed by atoms with E-state index in [1.54, 1.807) is 29.2 Å². The van der Waals surface area contributed by atoms with Gasteiger partial charge in [0.1, 0.15) is 5.75 Å². The summed E-state index contributed by atoms with van der Waals surface area (Å²) in [6.45, 7) is 2.79. The molecule has 1 N–H and O–H groups in total. The summed E-state index contributed by atoms with van der Waals surface area (Å²) in [5.41, 5.74) is 2.30. The molecule has 0 atom stereocenters. The Labute approximate surface area is 153 Å². The number of amides is 2. The second-order valence-corrected chi connectivity index (χ2v) is 6.10. The van der Waals surface area contributed by atoms with E-state index >= 15 is 0 Å². The molecule has 0 saturated heterocycles. The van der Waals surface area contributed by atoms with Crippen molar-refractivity contribution in [2.45, 2.75) is 19.8 Å². The first kappa shape index (κ1) is 17.7. The molecule has 3 rings (SSSR count). The Morgan fingerprint density at radius 1 is 1.23 bits per heavy atom. The van der Waals surface area contributed by atoms with Gasteiger partial charge in [-0.25, -0.2) is 0 Å². The average molecular weight is 350 g/mol. The van der Waals surface area contributed by atoms with Crippen molar-refractivity contribution in [3.63, 3.8) is 0 Å². The maximum absolute atomic E-state index is 12.2. The molecule has 0 bridgehead atoms. The standard InChI is InChI=1S/C21H22N2O3/c1-2-3-13-23-18-14-17(10-11-19(18)26-15-21(23)25)22-20(24)12-9-16-7-5-4-6-8-16/h4-12,14H,2-3,13,15H2,1H3,(H,22,24)/b12-9+. The Morgan fingerprint density at radius 3 is 2.81 bits per heavy atom. The number of nitrogens with zero attached hydrogens (tertiary/aromatic N) is 1. The number of nitrogens with one attached hydrogen (secondary N) is 1. The minimum atomic E-state index is -0.225. The van der Waals surface area contributed by atoms with Gasteiger partial charge < -0.3 is 15.0 Å². The number of anilines is 2. The maximum Gasteiger partial charge on any atom is 0.265 e. The molecular weight excluding hydrogens is 328 g/mol. The van der Waals surface area contributed by atoms with Crippen molar-refractivity contribution in [1.29, 1.82) is 0 Å². The van der Waals surface area contributed by atoms with Crippen molar-refractivity contribution in [2.75, 3.05) is 23.4 Å². The molecule has 0 aliphatic carbocycles. The van der Waals surface area contributed by atoms with Gasteiger partial charge in [-0.05, 0) is 36.3 Å².